The summed E-state index contributed by atoms with van der Waals surface area (Å²) in [6, 6.07) is 9.22. The van der Waals surface area contributed by atoms with Gasteiger partial charge in [0.2, 0.25) is 5.96 Å². The van der Waals surface area contributed by atoms with Crippen LogP contribution in [-0.4, -0.2) is 52.6 Å². The Morgan fingerprint density at radius 2 is 1.86 bits per heavy atom. The Bertz CT molecular complexity index is 949. The molecule has 0 spiro atoms. The molecule has 0 aromatic heterocycles. The van der Waals surface area contributed by atoms with Crippen LogP contribution in [0.2, 0.25) is 0 Å². The first-order chi connectivity index (χ1) is 17.0. The van der Waals surface area contributed by atoms with Gasteiger partial charge >= 0.3 is 6.16 Å². The number of ketones is 1. The number of nitrogens with zero attached hydrogens (tertiary/aromatic N) is 3. The molecular weight excluding hydrogens is 454 g/mol. The van der Waals surface area contributed by atoms with Gasteiger partial charge < -0.3 is 14.5 Å². The van der Waals surface area contributed by atoms with Crippen molar-refractivity contribution < 1.29 is 19.2 Å². The molecule has 1 saturated heterocycles. The summed E-state index contributed by atoms with van der Waals surface area (Å²) in [6.45, 7) is 12.4. The highest BCUT2D eigenvalue weighted by Crippen LogP contribution is 2.27. The Balaban J connectivity index is 1.96. The second-order valence-corrected chi connectivity index (χ2v) is 11.3. The number of allylic oxidation sites excluding steroid dienone is 1. The molecular formula is C29H43N3O4. The van der Waals surface area contributed by atoms with Crippen LogP contribution in [0, 0.1) is 5.92 Å². The van der Waals surface area contributed by atoms with E-state index in [1.807, 2.05) is 42.2 Å². The molecule has 3 rings (SSSR count). The predicted molar refractivity (Wildman–Crippen MR) is 142 cm³/mol. The van der Waals surface area contributed by atoms with Crippen LogP contribution in [0.5, 0.6) is 0 Å². The summed E-state index contributed by atoms with van der Waals surface area (Å²) in [7, 11) is 0. The number of hydrogen-bond donors (Lipinski definition) is 0. The largest absolute Gasteiger partial charge is 0.534 e. The molecule has 2 atom stereocenters. The Hall–Kier alpha value is -2.83. The zero-order valence-corrected chi connectivity index (χ0v) is 22.8. The smallest absolute Gasteiger partial charge is 0.427 e. The third-order valence-electron chi connectivity index (χ3n) is 6.42. The lowest BCUT2D eigenvalue weighted by Gasteiger charge is -2.42. The number of ether oxygens (including phenoxy) is 1. The summed E-state index contributed by atoms with van der Waals surface area (Å²) >= 11 is 0. The summed E-state index contributed by atoms with van der Waals surface area (Å²) < 4.78 is 5.46. The van der Waals surface area contributed by atoms with Gasteiger partial charge in [-0.1, -0.05) is 55.8 Å². The fraction of sp³-hybridized carbons (Fsp3) is 0.621. The molecule has 0 N–H and O–H groups in total. The first-order valence-electron chi connectivity index (χ1n) is 13.3. The summed E-state index contributed by atoms with van der Waals surface area (Å²) in [5, 5.41) is 1.43. The zero-order chi connectivity index (χ0) is 26.3. The van der Waals surface area contributed by atoms with Crippen LogP contribution in [0.4, 0.5) is 4.79 Å². The topological polar surface area (TPSA) is 71.4 Å². The van der Waals surface area contributed by atoms with Crippen LogP contribution in [0.25, 0.3) is 0 Å². The van der Waals surface area contributed by atoms with E-state index in [4.69, 9.17) is 14.6 Å². The third-order valence-corrected chi connectivity index (χ3v) is 6.42. The molecule has 1 heterocycles. The van der Waals surface area contributed by atoms with E-state index in [9.17, 15) is 9.59 Å². The number of benzene rings is 1. The van der Waals surface area contributed by atoms with Crippen LogP contribution >= 0.6 is 0 Å². The van der Waals surface area contributed by atoms with E-state index in [1.54, 1.807) is 20.8 Å². The van der Waals surface area contributed by atoms with E-state index in [0.29, 0.717) is 18.9 Å². The van der Waals surface area contributed by atoms with Crippen LogP contribution in [0.1, 0.15) is 91.7 Å². The molecule has 1 fully saturated rings. The number of carbonyl (C=O) groups excluding carboxylic acids is 2. The third kappa shape index (κ3) is 8.10. The van der Waals surface area contributed by atoms with Crippen LogP contribution in [0.15, 0.2) is 47.0 Å². The molecule has 7 heteroatoms. The number of guanidine groups is 1. The van der Waals surface area contributed by atoms with E-state index in [1.165, 1.54) is 23.5 Å². The van der Waals surface area contributed by atoms with Crippen LogP contribution in [0.3, 0.4) is 0 Å². The van der Waals surface area contributed by atoms with Crippen molar-refractivity contribution in [2.45, 2.75) is 97.8 Å². The van der Waals surface area contributed by atoms with Crippen LogP contribution in [-0.2, 0) is 14.4 Å². The molecule has 1 unspecified atom stereocenters. The molecule has 0 saturated carbocycles. The normalized spacial score (nSPS) is 21.0. The summed E-state index contributed by atoms with van der Waals surface area (Å²) in [5.41, 5.74) is 1.76. The van der Waals surface area contributed by atoms with Crippen molar-refractivity contribution in [3.8, 4) is 0 Å². The number of hydrogen-bond acceptors (Lipinski definition) is 5. The van der Waals surface area contributed by atoms with E-state index < -0.39 is 17.8 Å². The van der Waals surface area contributed by atoms with E-state index in [2.05, 4.69) is 19.9 Å². The molecule has 198 valence electrons. The zero-order valence-electron chi connectivity index (χ0n) is 22.8. The SMILES string of the molecule is CC(C)C[C@H]1C(=O)CN(CCC2=CCCCC2)C(=NC(C)c2ccccc2)N1OC(=O)OC(C)(C)C. The molecule has 0 amide bonds. The Labute approximate surface area is 216 Å². The maximum absolute atomic E-state index is 13.4. The van der Waals surface area contributed by atoms with Gasteiger partial charge in [-0.15, -0.1) is 0 Å². The van der Waals surface area contributed by atoms with Crippen molar-refractivity contribution in [2.75, 3.05) is 13.1 Å². The molecule has 0 radical (unpaired) electrons. The maximum Gasteiger partial charge on any atom is 0.534 e. The lowest BCUT2D eigenvalue weighted by molar-refractivity contribution is -0.156. The van der Waals surface area contributed by atoms with Gasteiger partial charge in [-0.05, 0) is 77.7 Å². The number of rotatable bonds is 8. The first kappa shape index (κ1) is 27.8. The molecule has 1 aromatic rings. The number of hydroxylamine groups is 2. The van der Waals surface area contributed by atoms with Crippen molar-refractivity contribution >= 4 is 17.9 Å². The van der Waals surface area contributed by atoms with Gasteiger partial charge in [-0.25, -0.2) is 9.79 Å². The molecule has 7 nitrogen and oxygen atoms in total. The average molecular weight is 498 g/mol. The van der Waals surface area contributed by atoms with Gasteiger partial charge in [0.15, 0.2) is 5.78 Å². The first-order valence-corrected chi connectivity index (χ1v) is 13.3. The molecule has 1 aliphatic carbocycles. The molecule has 36 heavy (non-hydrogen) atoms. The minimum absolute atomic E-state index is 0.0243. The van der Waals surface area contributed by atoms with Crippen molar-refractivity contribution in [1.29, 1.82) is 0 Å². The summed E-state index contributed by atoms with van der Waals surface area (Å²) in [4.78, 5) is 39.0. The van der Waals surface area contributed by atoms with Crippen LogP contribution < -0.4 is 0 Å². The molecule has 0 bridgehead atoms. The van der Waals surface area contributed by atoms with Crippen molar-refractivity contribution in [3.05, 3.63) is 47.5 Å². The number of Topliss-reactive ketones (excluding diaryl/α,β-unsaturated/α-hetero) is 1. The minimum Gasteiger partial charge on any atom is -0.427 e. The van der Waals surface area contributed by atoms with Gasteiger partial charge in [-0.2, -0.15) is 5.06 Å². The van der Waals surface area contributed by atoms with Crippen molar-refractivity contribution in [1.82, 2.24) is 9.96 Å². The highest BCUT2D eigenvalue weighted by atomic mass is 16.8. The standard InChI is InChI=1S/C29H43N3O4/c1-21(2)19-25-26(33)20-31(18-17-23-13-9-7-10-14-23)27(30-22(3)24-15-11-8-12-16-24)32(25)36-28(34)35-29(4,5)6/h8,11-13,15-16,21-22,25H,7,9-10,14,17-20H2,1-6H3/t22?,25-/m0/s1. The minimum atomic E-state index is -0.832. The number of aliphatic imine (C=N–C) groups is 1. The molecule has 2 aliphatic rings. The Morgan fingerprint density at radius 1 is 1.14 bits per heavy atom. The lowest BCUT2D eigenvalue weighted by atomic mass is 9.96. The van der Waals surface area contributed by atoms with E-state index in [-0.39, 0.29) is 24.3 Å². The molecule has 1 aliphatic heterocycles. The predicted octanol–water partition coefficient (Wildman–Crippen LogP) is 6.46. The van der Waals surface area contributed by atoms with Gasteiger partial charge in [0, 0.05) is 6.54 Å². The van der Waals surface area contributed by atoms with Gasteiger partial charge in [0.05, 0.1) is 12.6 Å². The van der Waals surface area contributed by atoms with Crippen molar-refractivity contribution in [2.24, 2.45) is 10.9 Å². The highest BCUT2D eigenvalue weighted by molar-refractivity contribution is 5.97. The van der Waals surface area contributed by atoms with Gasteiger partial charge in [0.25, 0.3) is 0 Å². The fourth-order valence-electron chi connectivity index (χ4n) is 4.61. The van der Waals surface area contributed by atoms with E-state index in [0.717, 1.165) is 24.8 Å². The summed E-state index contributed by atoms with van der Waals surface area (Å²) in [5.74, 6) is 0.769. The second kappa shape index (κ2) is 12.4. The fourth-order valence-corrected chi connectivity index (χ4v) is 4.61. The van der Waals surface area contributed by atoms with Gasteiger partial charge in [-0.3, -0.25) is 4.79 Å². The second-order valence-electron chi connectivity index (χ2n) is 11.3. The quantitative estimate of drug-likeness (QED) is 0.303. The van der Waals surface area contributed by atoms with Gasteiger partial charge in [0.1, 0.15) is 11.6 Å². The monoisotopic (exact) mass is 497 g/mol. The molecule has 1 aromatic carbocycles. The lowest BCUT2D eigenvalue weighted by Crippen LogP contribution is -2.61. The summed E-state index contributed by atoms with van der Waals surface area (Å²) in [6.07, 6.45) is 7.58. The maximum atomic E-state index is 13.4. The van der Waals surface area contributed by atoms with E-state index >= 15 is 0 Å². The Morgan fingerprint density at radius 3 is 2.47 bits per heavy atom. The van der Waals surface area contributed by atoms with Crippen molar-refractivity contribution in [3.63, 3.8) is 0 Å². The Kier molecular flexibility index (Phi) is 9.57. The number of carbonyl (C=O) groups is 2. The highest BCUT2D eigenvalue weighted by Gasteiger charge is 2.41. The average Bonchev–Trinajstić information content (AvgIpc) is 2.81.